The van der Waals surface area contributed by atoms with Gasteiger partial charge in [-0.3, -0.25) is 4.79 Å². The minimum atomic E-state index is -1.18. The van der Waals surface area contributed by atoms with Gasteiger partial charge < -0.3 is 5.11 Å². The van der Waals surface area contributed by atoms with E-state index in [2.05, 4.69) is 0 Å². The Labute approximate surface area is 88.0 Å². The third-order valence-corrected chi connectivity index (χ3v) is 1.98. The van der Waals surface area contributed by atoms with E-state index in [1.165, 1.54) is 0 Å². The van der Waals surface area contributed by atoms with Crippen LogP contribution in [0.1, 0.15) is 24.2 Å². The van der Waals surface area contributed by atoms with Crippen LogP contribution in [0.5, 0.6) is 0 Å². The van der Waals surface area contributed by atoms with E-state index in [4.69, 9.17) is 5.11 Å². The van der Waals surface area contributed by atoms with Crippen LogP contribution in [0.15, 0.2) is 41.5 Å². The standard InChI is InChI=1S/C12H12O3/c1-8(2)10(12(14)15)11(13)9-6-4-3-5-7-9/h3-7H,1-2H3,(H,14,15). The Morgan fingerprint density at radius 1 is 1.07 bits per heavy atom. The van der Waals surface area contributed by atoms with Crippen molar-refractivity contribution in [1.82, 2.24) is 0 Å². The second-order valence-corrected chi connectivity index (χ2v) is 3.38. The van der Waals surface area contributed by atoms with Gasteiger partial charge in [0.2, 0.25) is 0 Å². The van der Waals surface area contributed by atoms with Crippen LogP contribution < -0.4 is 0 Å². The topological polar surface area (TPSA) is 54.4 Å². The second kappa shape index (κ2) is 4.55. The molecule has 1 rings (SSSR count). The van der Waals surface area contributed by atoms with Crippen molar-refractivity contribution in [3.63, 3.8) is 0 Å². The molecule has 0 saturated heterocycles. The van der Waals surface area contributed by atoms with Crippen LogP contribution in [0.2, 0.25) is 0 Å². The van der Waals surface area contributed by atoms with Crippen molar-refractivity contribution in [2.24, 2.45) is 0 Å². The number of Topliss-reactive ketones (excluding diaryl/α,β-unsaturated/α-hetero) is 1. The molecule has 0 unspecified atom stereocenters. The predicted molar refractivity (Wildman–Crippen MR) is 56.8 cm³/mol. The highest BCUT2D eigenvalue weighted by atomic mass is 16.4. The molecular weight excluding hydrogens is 192 g/mol. The van der Waals surface area contributed by atoms with Crippen molar-refractivity contribution in [2.75, 3.05) is 0 Å². The van der Waals surface area contributed by atoms with Gasteiger partial charge in [0.05, 0.1) is 0 Å². The molecule has 1 aromatic carbocycles. The first-order valence-electron chi connectivity index (χ1n) is 4.54. The summed E-state index contributed by atoms with van der Waals surface area (Å²) in [6.07, 6.45) is 0. The number of carbonyl (C=O) groups is 2. The van der Waals surface area contributed by atoms with E-state index in [1.54, 1.807) is 44.2 Å². The minimum Gasteiger partial charge on any atom is -0.478 e. The molecule has 0 heterocycles. The van der Waals surface area contributed by atoms with Crippen molar-refractivity contribution in [1.29, 1.82) is 0 Å². The third-order valence-electron chi connectivity index (χ3n) is 1.98. The van der Waals surface area contributed by atoms with Crippen molar-refractivity contribution >= 4 is 11.8 Å². The number of allylic oxidation sites excluding steroid dienone is 1. The maximum absolute atomic E-state index is 11.8. The summed E-state index contributed by atoms with van der Waals surface area (Å²) in [5.74, 6) is -1.62. The first kappa shape index (κ1) is 11.2. The molecule has 3 nitrogen and oxygen atoms in total. The highest BCUT2D eigenvalue weighted by Gasteiger charge is 2.19. The Balaban J connectivity index is 3.15. The number of benzene rings is 1. The maximum Gasteiger partial charge on any atom is 0.339 e. The zero-order valence-electron chi connectivity index (χ0n) is 8.65. The summed E-state index contributed by atoms with van der Waals surface area (Å²) in [6, 6.07) is 8.40. The lowest BCUT2D eigenvalue weighted by Crippen LogP contribution is -2.14. The fraction of sp³-hybridized carbons (Fsp3) is 0.167. The molecule has 0 aliphatic carbocycles. The zero-order chi connectivity index (χ0) is 11.4. The first-order valence-corrected chi connectivity index (χ1v) is 4.54. The monoisotopic (exact) mass is 204 g/mol. The summed E-state index contributed by atoms with van der Waals surface area (Å²) in [5.41, 5.74) is 0.758. The average Bonchev–Trinajstić information content (AvgIpc) is 2.18. The molecule has 0 atom stereocenters. The molecule has 0 aromatic heterocycles. The van der Waals surface area contributed by atoms with E-state index in [-0.39, 0.29) is 5.57 Å². The molecule has 0 amide bonds. The summed E-state index contributed by atoms with van der Waals surface area (Å²) >= 11 is 0. The Morgan fingerprint density at radius 2 is 1.60 bits per heavy atom. The molecule has 0 aliphatic heterocycles. The minimum absolute atomic E-state index is 0.152. The molecule has 0 spiro atoms. The summed E-state index contributed by atoms with van der Waals surface area (Å²) in [5, 5.41) is 8.90. The number of carboxylic acid groups (broad SMARTS) is 1. The number of rotatable bonds is 3. The molecule has 0 fully saturated rings. The smallest absolute Gasteiger partial charge is 0.339 e. The van der Waals surface area contributed by atoms with E-state index in [9.17, 15) is 9.59 Å². The van der Waals surface area contributed by atoms with Crippen molar-refractivity contribution < 1.29 is 14.7 Å². The zero-order valence-corrected chi connectivity index (χ0v) is 8.65. The summed E-state index contributed by atoms with van der Waals surface area (Å²) in [4.78, 5) is 22.7. The van der Waals surface area contributed by atoms with Gasteiger partial charge in [-0.15, -0.1) is 0 Å². The van der Waals surface area contributed by atoms with Gasteiger partial charge in [-0.25, -0.2) is 4.79 Å². The molecule has 1 aromatic rings. The van der Waals surface area contributed by atoms with E-state index >= 15 is 0 Å². The van der Waals surface area contributed by atoms with Gasteiger partial charge in [0.1, 0.15) is 5.57 Å². The number of hydrogen-bond acceptors (Lipinski definition) is 2. The quantitative estimate of drug-likeness (QED) is 0.355. The van der Waals surface area contributed by atoms with Crippen LogP contribution in [0.3, 0.4) is 0 Å². The number of ketones is 1. The van der Waals surface area contributed by atoms with Gasteiger partial charge in [-0.05, 0) is 13.8 Å². The Hall–Kier alpha value is -1.90. The fourth-order valence-electron chi connectivity index (χ4n) is 1.27. The highest BCUT2D eigenvalue weighted by Crippen LogP contribution is 2.12. The molecule has 15 heavy (non-hydrogen) atoms. The molecule has 0 bridgehead atoms. The van der Waals surface area contributed by atoms with E-state index < -0.39 is 11.8 Å². The van der Waals surface area contributed by atoms with Gasteiger partial charge in [0.25, 0.3) is 0 Å². The summed E-state index contributed by atoms with van der Waals surface area (Å²) in [7, 11) is 0. The number of carboxylic acids is 1. The van der Waals surface area contributed by atoms with E-state index in [0.29, 0.717) is 11.1 Å². The fourth-order valence-corrected chi connectivity index (χ4v) is 1.27. The lowest BCUT2D eigenvalue weighted by molar-refractivity contribution is -0.132. The largest absolute Gasteiger partial charge is 0.478 e. The number of carbonyl (C=O) groups excluding carboxylic acids is 1. The van der Waals surface area contributed by atoms with Crippen molar-refractivity contribution in [3.8, 4) is 0 Å². The molecular formula is C12H12O3. The molecule has 0 saturated carbocycles. The average molecular weight is 204 g/mol. The van der Waals surface area contributed by atoms with Gasteiger partial charge in [0.15, 0.2) is 5.78 Å². The SMILES string of the molecule is CC(C)=C(C(=O)O)C(=O)c1ccccc1. The summed E-state index contributed by atoms with van der Waals surface area (Å²) < 4.78 is 0. The van der Waals surface area contributed by atoms with Crippen LogP contribution >= 0.6 is 0 Å². The molecule has 0 radical (unpaired) electrons. The van der Waals surface area contributed by atoms with Crippen molar-refractivity contribution in [3.05, 3.63) is 47.0 Å². The number of hydrogen-bond donors (Lipinski definition) is 1. The maximum atomic E-state index is 11.8. The first-order chi connectivity index (χ1) is 7.04. The summed E-state index contributed by atoms with van der Waals surface area (Å²) in [6.45, 7) is 3.23. The lowest BCUT2D eigenvalue weighted by atomic mass is 10.00. The van der Waals surface area contributed by atoms with Gasteiger partial charge >= 0.3 is 5.97 Å². The molecule has 3 heteroatoms. The Kier molecular flexibility index (Phi) is 3.39. The molecule has 78 valence electrons. The lowest BCUT2D eigenvalue weighted by Gasteiger charge is -2.03. The van der Waals surface area contributed by atoms with Crippen LogP contribution in [0, 0.1) is 0 Å². The van der Waals surface area contributed by atoms with E-state index in [1.807, 2.05) is 0 Å². The normalized spacial score (nSPS) is 9.47. The number of aliphatic carboxylic acids is 1. The van der Waals surface area contributed by atoms with Gasteiger partial charge in [-0.2, -0.15) is 0 Å². The van der Waals surface area contributed by atoms with E-state index in [0.717, 1.165) is 0 Å². The van der Waals surface area contributed by atoms with Gasteiger partial charge in [0, 0.05) is 5.56 Å². The highest BCUT2D eigenvalue weighted by molar-refractivity contribution is 6.24. The van der Waals surface area contributed by atoms with Crippen molar-refractivity contribution in [2.45, 2.75) is 13.8 Å². The predicted octanol–water partition coefficient (Wildman–Crippen LogP) is 2.29. The third kappa shape index (κ3) is 2.53. The van der Waals surface area contributed by atoms with Crippen LogP contribution in [0.25, 0.3) is 0 Å². The molecule has 1 N–H and O–H groups in total. The van der Waals surface area contributed by atoms with Crippen LogP contribution in [-0.4, -0.2) is 16.9 Å². The van der Waals surface area contributed by atoms with Crippen LogP contribution in [-0.2, 0) is 4.79 Å². The second-order valence-electron chi connectivity index (χ2n) is 3.38. The Morgan fingerprint density at radius 3 is 2.00 bits per heavy atom. The Bertz CT molecular complexity index is 412. The molecule has 0 aliphatic rings. The van der Waals surface area contributed by atoms with Crippen LogP contribution in [0.4, 0.5) is 0 Å². The van der Waals surface area contributed by atoms with Gasteiger partial charge in [-0.1, -0.05) is 35.9 Å².